The molecular weight excluding hydrogens is 440 g/mol. The van der Waals surface area contributed by atoms with Crippen LogP contribution in [0.5, 0.6) is 11.6 Å². The molecule has 0 amide bonds. The molecule has 0 bridgehead atoms. The molecule has 0 atom stereocenters. The van der Waals surface area contributed by atoms with Gasteiger partial charge in [-0.3, -0.25) is 0 Å². The number of nitrogens with zero attached hydrogens (tertiary/aromatic N) is 2. The Bertz CT molecular complexity index is 1200. The van der Waals surface area contributed by atoms with Crippen LogP contribution in [0.1, 0.15) is 19.4 Å². The Hall–Kier alpha value is -3.52. The molecular formula is C25H26N2O5S. The summed E-state index contributed by atoms with van der Waals surface area (Å²) >= 11 is 1.26. The lowest BCUT2D eigenvalue weighted by molar-refractivity contribution is -0.690. The van der Waals surface area contributed by atoms with Crippen LogP contribution in [0.4, 0.5) is 0 Å². The van der Waals surface area contributed by atoms with Gasteiger partial charge in [-0.15, -0.1) is 0 Å². The topological polar surface area (TPSA) is 84.5 Å². The van der Waals surface area contributed by atoms with E-state index in [0.717, 1.165) is 0 Å². The van der Waals surface area contributed by atoms with Crippen LogP contribution in [-0.2, 0) is 9.53 Å². The molecule has 172 valence electrons. The summed E-state index contributed by atoms with van der Waals surface area (Å²) in [6, 6.07) is 16.2. The highest BCUT2D eigenvalue weighted by Crippen LogP contribution is 2.23. The van der Waals surface area contributed by atoms with E-state index in [1.54, 1.807) is 43.3 Å². The molecule has 0 saturated carbocycles. The molecule has 8 heteroatoms. The van der Waals surface area contributed by atoms with Gasteiger partial charge in [0.2, 0.25) is 0 Å². The van der Waals surface area contributed by atoms with E-state index < -0.39 is 17.4 Å². The molecule has 3 rings (SSSR count). The van der Waals surface area contributed by atoms with Crippen LogP contribution >= 0.6 is 11.8 Å². The van der Waals surface area contributed by atoms with Crippen LogP contribution in [0.2, 0.25) is 0 Å². The minimum absolute atomic E-state index is 0.102. The van der Waals surface area contributed by atoms with Crippen molar-refractivity contribution in [3.63, 3.8) is 0 Å². The Balaban J connectivity index is 2.12. The predicted molar refractivity (Wildman–Crippen MR) is 125 cm³/mol. The molecule has 0 spiro atoms. The lowest BCUT2D eigenvalue weighted by Crippen LogP contribution is -2.45. The SMILES string of the molecule is C=C(C)C(=O)OCCSc1n(-c2ccccc2)c(=O)c(C)c([O-])[n+]1-c1ccc(OCC)cc1. The molecule has 0 N–H and O–H groups in total. The molecule has 33 heavy (non-hydrogen) atoms. The van der Waals surface area contributed by atoms with Crippen LogP contribution in [0.15, 0.2) is 76.7 Å². The van der Waals surface area contributed by atoms with Crippen molar-refractivity contribution in [2.75, 3.05) is 19.0 Å². The summed E-state index contributed by atoms with van der Waals surface area (Å²) in [4.78, 5) is 24.9. The van der Waals surface area contributed by atoms with E-state index in [2.05, 4.69) is 6.58 Å². The van der Waals surface area contributed by atoms with Gasteiger partial charge in [0, 0.05) is 11.3 Å². The minimum Gasteiger partial charge on any atom is -0.842 e. The fourth-order valence-electron chi connectivity index (χ4n) is 3.11. The zero-order chi connectivity index (χ0) is 24.0. The Morgan fingerprint density at radius 3 is 2.42 bits per heavy atom. The van der Waals surface area contributed by atoms with Crippen LogP contribution in [0.25, 0.3) is 11.4 Å². The Labute approximate surface area is 196 Å². The number of thioether (sulfide) groups is 1. The lowest BCUT2D eigenvalue weighted by atomic mass is 10.2. The number of hydrogen-bond acceptors (Lipinski definition) is 6. The van der Waals surface area contributed by atoms with Crippen molar-refractivity contribution in [2.24, 2.45) is 0 Å². The molecule has 0 fully saturated rings. The number of ether oxygens (including phenoxy) is 2. The second kappa shape index (κ2) is 10.9. The molecule has 0 unspecified atom stereocenters. The zero-order valence-corrected chi connectivity index (χ0v) is 19.7. The summed E-state index contributed by atoms with van der Waals surface area (Å²) in [6.07, 6.45) is 0. The van der Waals surface area contributed by atoms with Gasteiger partial charge in [0.25, 0.3) is 0 Å². The fraction of sp³-hybridized carbons (Fsp3) is 0.240. The summed E-state index contributed by atoms with van der Waals surface area (Å²) in [5.74, 6) is 0.134. The van der Waals surface area contributed by atoms with Crippen LogP contribution in [0.3, 0.4) is 0 Å². The summed E-state index contributed by atoms with van der Waals surface area (Å²) in [5, 5.41) is 13.7. The molecule has 0 aliphatic rings. The number of aromatic nitrogens is 2. The van der Waals surface area contributed by atoms with Gasteiger partial charge in [-0.25, -0.2) is 9.59 Å². The normalized spacial score (nSPS) is 10.6. The van der Waals surface area contributed by atoms with Gasteiger partial charge >= 0.3 is 16.7 Å². The van der Waals surface area contributed by atoms with Gasteiger partial charge in [-0.05, 0) is 68.9 Å². The van der Waals surface area contributed by atoms with Crippen LogP contribution in [-0.4, -0.2) is 29.5 Å². The molecule has 1 aromatic heterocycles. The first-order chi connectivity index (χ1) is 15.8. The Morgan fingerprint density at radius 1 is 1.15 bits per heavy atom. The largest absolute Gasteiger partial charge is 0.842 e. The number of carbonyl (C=O) groups excluding carboxylic acids is 1. The van der Waals surface area contributed by atoms with E-state index >= 15 is 0 Å². The maximum atomic E-state index is 13.2. The highest BCUT2D eigenvalue weighted by atomic mass is 32.2. The van der Waals surface area contributed by atoms with Crippen molar-refractivity contribution in [1.82, 2.24) is 4.57 Å². The van der Waals surface area contributed by atoms with Crippen molar-refractivity contribution in [1.29, 1.82) is 0 Å². The molecule has 0 radical (unpaired) electrons. The molecule has 0 aliphatic heterocycles. The van der Waals surface area contributed by atoms with Crippen molar-refractivity contribution >= 4 is 17.7 Å². The van der Waals surface area contributed by atoms with E-state index in [0.29, 0.717) is 40.2 Å². The highest BCUT2D eigenvalue weighted by Gasteiger charge is 2.26. The molecule has 0 saturated heterocycles. The summed E-state index contributed by atoms with van der Waals surface area (Å²) < 4.78 is 13.7. The first-order valence-electron chi connectivity index (χ1n) is 10.5. The van der Waals surface area contributed by atoms with Gasteiger partial charge < -0.3 is 14.6 Å². The third kappa shape index (κ3) is 5.46. The highest BCUT2D eigenvalue weighted by molar-refractivity contribution is 7.99. The van der Waals surface area contributed by atoms with Crippen molar-refractivity contribution in [3.05, 3.63) is 82.7 Å². The average molecular weight is 467 g/mol. The van der Waals surface area contributed by atoms with E-state index in [1.807, 2.05) is 25.1 Å². The van der Waals surface area contributed by atoms with Crippen molar-refractivity contribution in [3.8, 4) is 23.0 Å². The summed E-state index contributed by atoms with van der Waals surface area (Å²) in [7, 11) is 0. The summed E-state index contributed by atoms with van der Waals surface area (Å²) in [5.41, 5.74) is 1.24. The molecule has 2 aromatic carbocycles. The number of rotatable bonds is 9. The van der Waals surface area contributed by atoms with Crippen molar-refractivity contribution in [2.45, 2.75) is 25.9 Å². The van der Waals surface area contributed by atoms with E-state index in [-0.39, 0.29) is 12.2 Å². The molecule has 1 heterocycles. The van der Waals surface area contributed by atoms with Gasteiger partial charge in [-0.1, -0.05) is 24.8 Å². The second-order valence-corrected chi connectivity index (χ2v) is 8.28. The van der Waals surface area contributed by atoms with Gasteiger partial charge in [0.1, 0.15) is 23.7 Å². The lowest BCUT2D eigenvalue weighted by Gasteiger charge is -2.19. The molecule has 0 aliphatic carbocycles. The molecule has 7 nitrogen and oxygen atoms in total. The van der Waals surface area contributed by atoms with Gasteiger partial charge in [-0.2, -0.15) is 9.13 Å². The smallest absolute Gasteiger partial charge is 0.345 e. The number of para-hydroxylation sites is 1. The Morgan fingerprint density at radius 2 is 1.82 bits per heavy atom. The van der Waals surface area contributed by atoms with Crippen LogP contribution < -0.4 is 20.0 Å². The van der Waals surface area contributed by atoms with Crippen LogP contribution in [0, 0.1) is 6.92 Å². The first kappa shape index (κ1) is 24.1. The maximum absolute atomic E-state index is 13.2. The number of esters is 1. The van der Waals surface area contributed by atoms with Gasteiger partial charge in [0.15, 0.2) is 0 Å². The minimum atomic E-state index is -0.483. The number of benzene rings is 2. The third-order valence-corrected chi connectivity index (χ3v) is 5.74. The van der Waals surface area contributed by atoms with E-state index in [1.165, 1.54) is 27.8 Å². The predicted octanol–water partition coefficient (Wildman–Crippen LogP) is 3.11. The Kier molecular flexibility index (Phi) is 7.95. The number of carbonyl (C=O) groups is 1. The monoisotopic (exact) mass is 466 g/mol. The second-order valence-electron chi connectivity index (χ2n) is 7.22. The quantitative estimate of drug-likeness (QED) is 0.120. The number of hydrogen-bond donors (Lipinski definition) is 0. The molecule has 3 aromatic rings. The average Bonchev–Trinajstić information content (AvgIpc) is 2.82. The summed E-state index contributed by atoms with van der Waals surface area (Å²) in [6.45, 7) is 9.20. The zero-order valence-electron chi connectivity index (χ0n) is 18.9. The third-order valence-electron chi connectivity index (χ3n) is 4.75. The van der Waals surface area contributed by atoms with Gasteiger partial charge in [0.05, 0.1) is 18.1 Å². The van der Waals surface area contributed by atoms with Crippen molar-refractivity contribution < 1.29 is 23.9 Å². The fourth-order valence-corrected chi connectivity index (χ4v) is 4.09. The standard InChI is InChI=1S/C25H26N2O5S/c1-5-31-21-13-11-20(12-14-21)27-23(29)18(4)22(28)26(19-9-7-6-8-10-19)25(27)33-16-15-32-24(30)17(2)3/h6-14H,2,5,15-16H2,1,3-4H3. The first-order valence-corrected chi connectivity index (χ1v) is 11.5. The van der Waals surface area contributed by atoms with E-state index in [9.17, 15) is 14.7 Å². The van der Waals surface area contributed by atoms with E-state index in [4.69, 9.17) is 9.47 Å². The maximum Gasteiger partial charge on any atom is 0.345 e.